The Kier molecular flexibility index (Phi) is 4.41. The Labute approximate surface area is 158 Å². The van der Waals surface area contributed by atoms with Gasteiger partial charge < -0.3 is 5.32 Å². The maximum absolute atomic E-state index is 12.8. The lowest BCUT2D eigenvalue weighted by molar-refractivity contribution is -0.123. The summed E-state index contributed by atoms with van der Waals surface area (Å²) in [6, 6.07) is 10.9. The quantitative estimate of drug-likeness (QED) is 0.854. The number of amides is 1. The van der Waals surface area contributed by atoms with Crippen molar-refractivity contribution in [3.8, 4) is 0 Å². The van der Waals surface area contributed by atoms with Crippen LogP contribution in [0, 0.1) is 18.3 Å². The van der Waals surface area contributed by atoms with Crippen molar-refractivity contribution in [1.82, 2.24) is 9.62 Å². The van der Waals surface area contributed by atoms with Gasteiger partial charge in [0.15, 0.2) is 0 Å². The van der Waals surface area contributed by atoms with Gasteiger partial charge in [-0.05, 0) is 48.8 Å². The van der Waals surface area contributed by atoms with Gasteiger partial charge in [0.05, 0.1) is 11.4 Å². The Morgan fingerprint density at radius 2 is 2.08 bits per heavy atom. The molecule has 26 heavy (non-hydrogen) atoms. The van der Waals surface area contributed by atoms with Crippen LogP contribution < -0.4 is 5.32 Å². The second kappa shape index (κ2) is 6.48. The summed E-state index contributed by atoms with van der Waals surface area (Å²) in [5.74, 6) is -0.0198. The van der Waals surface area contributed by atoms with Crippen molar-refractivity contribution in [1.29, 1.82) is 0 Å². The lowest BCUT2D eigenvalue weighted by atomic mass is 10.0. The first-order valence-electron chi connectivity index (χ1n) is 8.78. The zero-order valence-corrected chi connectivity index (χ0v) is 16.3. The number of benzene rings is 1. The minimum Gasteiger partial charge on any atom is -0.351 e. The van der Waals surface area contributed by atoms with Crippen LogP contribution in [0.5, 0.6) is 0 Å². The van der Waals surface area contributed by atoms with Crippen LogP contribution in [-0.2, 0) is 21.4 Å². The van der Waals surface area contributed by atoms with Crippen LogP contribution in [0.15, 0.2) is 46.7 Å². The third-order valence-corrected chi connectivity index (χ3v) is 8.27. The molecule has 2 aliphatic rings. The Hall–Kier alpha value is -1.70. The van der Waals surface area contributed by atoms with Gasteiger partial charge in [-0.15, -0.1) is 11.3 Å². The lowest BCUT2D eigenvalue weighted by Gasteiger charge is -2.17. The number of sulfonamides is 1. The average molecular weight is 391 g/mol. The zero-order chi connectivity index (χ0) is 18.4. The average Bonchev–Trinajstić information content (AvgIpc) is 2.97. The van der Waals surface area contributed by atoms with Crippen LogP contribution in [0.4, 0.5) is 0 Å². The third kappa shape index (κ3) is 3.19. The van der Waals surface area contributed by atoms with Crippen molar-refractivity contribution in [3.05, 3.63) is 52.2 Å². The molecule has 1 N–H and O–H groups in total. The molecule has 0 radical (unpaired) electrons. The Morgan fingerprint density at radius 1 is 1.31 bits per heavy atom. The van der Waals surface area contributed by atoms with E-state index in [1.165, 1.54) is 0 Å². The maximum atomic E-state index is 12.8. The van der Waals surface area contributed by atoms with Gasteiger partial charge in [0, 0.05) is 23.9 Å². The van der Waals surface area contributed by atoms with Crippen molar-refractivity contribution in [3.63, 3.8) is 0 Å². The van der Waals surface area contributed by atoms with E-state index in [1.54, 1.807) is 27.8 Å². The molecule has 138 valence electrons. The number of nitrogens with one attached hydrogen (secondary N) is 1. The number of hydrogen-bond acceptors (Lipinski definition) is 4. The van der Waals surface area contributed by atoms with Crippen LogP contribution in [0.25, 0.3) is 0 Å². The molecule has 1 saturated heterocycles. The molecule has 2 aromatic rings. The maximum Gasteiger partial charge on any atom is 0.243 e. The Bertz CT molecular complexity index is 907. The van der Waals surface area contributed by atoms with Crippen molar-refractivity contribution < 1.29 is 13.2 Å². The van der Waals surface area contributed by atoms with E-state index in [-0.39, 0.29) is 17.2 Å². The summed E-state index contributed by atoms with van der Waals surface area (Å²) < 4.78 is 27.2. The standard InChI is InChI=1S/C19H22N2O3S2/c1-14-4-6-16(7-5-14)26(23,24)21-9-8-19(13-21)11-17(19)18(22)20-12-15-3-2-10-25-15/h2-7,10,17H,8-9,11-13H2,1H3,(H,20,22)/t17-,19+/m0/s1. The fourth-order valence-corrected chi connectivity index (χ4v) is 5.98. The second-order valence-corrected chi connectivity index (χ2v) is 10.3. The summed E-state index contributed by atoms with van der Waals surface area (Å²) >= 11 is 1.62. The first-order chi connectivity index (χ1) is 12.4. The molecule has 0 unspecified atom stereocenters. The fraction of sp³-hybridized carbons (Fsp3) is 0.421. The van der Waals surface area contributed by atoms with E-state index in [0.717, 1.165) is 23.3 Å². The molecule has 1 aliphatic carbocycles. The van der Waals surface area contributed by atoms with Crippen molar-refractivity contribution >= 4 is 27.3 Å². The van der Waals surface area contributed by atoms with Gasteiger partial charge in [-0.2, -0.15) is 4.31 Å². The molecule has 1 spiro atoms. The van der Waals surface area contributed by atoms with Crippen LogP contribution >= 0.6 is 11.3 Å². The summed E-state index contributed by atoms with van der Waals surface area (Å²) in [7, 11) is -3.48. The fourth-order valence-electron chi connectivity index (χ4n) is 3.80. The molecule has 2 fully saturated rings. The Balaban J connectivity index is 1.39. The summed E-state index contributed by atoms with van der Waals surface area (Å²) in [6.07, 6.45) is 1.54. The van der Waals surface area contributed by atoms with Crippen molar-refractivity contribution in [2.75, 3.05) is 13.1 Å². The number of nitrogens with zero attached hydrogens (tertiary/aromatic N) is 1. The number of thiophene rings is 1. The van der Waals surface area contributed by atoms with Crippen molar-refractivity contribution in [2.45, 2.75) is 31.2 Å². The molecule has 1 saturated carbocycles. The van der Waals surface area contributed by atoms with Gasteiger partial charge in [0.1, 0.15) is 0 Å². The largest absolute Gasteiger partial charge is 0.351 e. The van der Waals surface area contributed by atoms with Gasteiger partial charge in [0.2, 0.25) is 15.9 Å². The van der Waals surface area contributed by atoms with Crippen LogP contribution in [0.3, 0.4) is 0 Å². The highest BCUT2D eigenvalue weighted by atomic mass is 32.2. The highest BCUT2D eigenvalue weighted by Crippen LogP contribution is 2.59. The first-order valence-corrected chi connectivity index (χ1v) is 11.1. The minimum absolute atomic E-state index is 0.0491. The third-order valence-electron chi connectivity index (χ3n) is 5.53. The molecule has 1 aliphatic heterocycles. The summed E-state index contributed by atoms with van der Waals surface area (Å²) in [6.45, 7) is 3.42. The van der Waals surface area contributed by atoms with Crippen LogP contribution in [0.1, 0.15) is 23.3 Å². The van der Waals surface area contributed by atoms with Crippen molar-refractivity contribution in [2.24, 2.45) is 11.3 Å². The second-order valence-electron chi connectivity index (χ2n) is 7.32. The van der Waals surface area contributed by atoms with Gasteiger partial charge in [-0.25, -0.2) is 8.42 Å². The Morgan fingerprint density at radius 3 is 2.77 bits per heavy atom. The molecule has 5 nitrogen and oxygen atoms in total. The molecule has 7 heteroatoms. The van der Waals surface area contributed by atoms with E-state index >= 15 is 0 Å². The number of carbonyl (C=O) groups is 1. The van der Waals surface area contributed by atoms with Crippen LogP contribution in [0.2, 0.25) is 0 Å². The highest BCUT2D eigenvalue weighted by molar-refractivity contribution is 7.89. The smallest absolute Gasteiger partial charge is 0.243 e. The SMILES string of the molecule is Cc1ccc(S(=O)(=O)N2CC[C@@]3(C[C@H]3C(=O)NCc3cccs3)C2)cc1. The van der Waals surface area contributed by atoms with Gasteiger partial charge in [0.25, 0.3) is 0 Å². The normalized spacial score (nSPS) is 25.5. The number of rotatable bonds is 5. The number of aryl methyl sites for hydroxylation is 1. The van der Waals surface area contributed by atoms with Gasteiger partial charge in [-0.3, -0.25) is 4.79 Å². The molecule has 1 amide bonds. The summed E-state index contributed by atoms with van der Waals surface area (Å²) in [5, 5.41) is 4.98. The molecule has 0 bridgehead atoms. The molecular formula is C19H22N2O3S2. The van der Waals surface area contributed by atoms with Gasteiger partial charge >= 0.3 is 0 Å². The summed E-state index contributed by atoms with van der Waals surface area (Å²) in [5.41, 5.74) is 0.864. The monoisotopic (exact) mass is 390 g/mol. The van der Waals surface area contributed by atoms with E-state index in [1.807, 2.05) is 36.6 Å². The number of hydrogen-bond donors (Lipinski definition) is 1. The predicted molar refractivity (Wildman–Crippen MR) is 101 cm³/mol. The van der Waals surface area contributed by atoms with E-state index in [9.17, 15) is 13.2 Å². The molecular weight excluding hydrogens is 368 g/mol. The van der Waals surface area contributed by atoms with E-state index in [0.29, 0.717) is 24.5 Å². The van der Waals surface area contributed by atoms with E-state index in [4.69, 9.17) is 0 Å². The van der Waals surface area contributed by atoms with E-state index < -0.39 is 10.0 Å². The van der Waals surface area contributed by atoms with E-state index in [2.05, 4.69) is 5.32 Å². The van der Waals surface area contributed by atoms with Crippen LogP contribution in [-0.4, -0.2) is 31.7 Å². The van der Waals surface area contributed by atoms with Gasteiger partial charge in [-0.1, -0.05) is 23.8 Å². The topological polar surface area (TPSA) is 66.5 Å². The molecule has 4 rings (SSSR count). The molecule has 2 heterocycles. The molecule has 1 aromatic heterocycles. The zero-order valence-electron chi connectivity index (χ0n) is 14.6. The number of carbonyl (C=O) groups excluding carboxylic acids is 1. The lowest BCUT2D eigenvalue weighted by Crippen LogP contribution is -2.31. The predicted octanol–water partition coefficient (Wildman–Crippen LogP) is 2.77. The first kappa shape index (κ1) is 17.7. The highest BCUT2D eigenvalue weighted by Gasteiger charge is 2.62. The summed E-state index contributed by atoms with van der Waals surface area (Å²) in [4.78, 5) is 13.9. The molecule has 1 aromatic carbocycles. The molecule has 2 atom stereocenters. The minimum atomic E-state index is -3.48.